The Morgan fingerprint density at radius 3 is 0.754 bits per heavy atom. The summed E-state index contributed by atoms with van der Waals surface area (Å²) in [4.78, 5) is 38.2. The van der Waals surface area contributed by atoms with Crippen LogP contribution >= 0.6 is 0 Å². The molecular weight excluding hydrogens is 805 g/mol. The van der Waals surface area contributed by atoms with Gasteiger partial charge in [0.15, 0.2) is 6.10 Å². The second-order valence-electron chi connectivity index (χ2n) is 20.8. The normalized spacial score (nSPS) is 12.0. The van der Waals surface area contributed by atoms with Gasteiger partial charge in [0.1, 0.15) is 13.2 Å². The second kappa shape index (κ2) is 53.4. The second-order valence-corrected chi connectivity index (χ2v) is 20.8. The van der Waals surface area contributed by atoms with E-state index in [9.17, 15) is 14.4 Å². The lowest BCUT2D eigenvalue weighted by atomic mass is 10.0. The van der Waals surface area contributed by atoms with Crippen molar-refractivity contribution in [2.75, 3.05) is 13.2 Å². The fourth-order valence-corrected chi connectivity index (χ4v) is 9.10. The Kier molecular flexibility index (Phi) is 52.1. The van der Waals surface area contributed by atoms with Crippen LogP contribution in [-0.4, -0.2) is 37.2 Å². The first-order chi connectivity index (χ1) is 31.9. The SMILES string of the molecule is CCCCCCCCCCCCCCCCCCC(=O)OC[C@H](COC(=O)CCCCCCCCCCCCCCC(C)C)OC(=O)CCCCCCCCCCCCCCCCCC. The number of unbranched alkanes of at least 4 members (excludes halogenated alkanes) is 41. The van der Waals surface area contributed by atoms with Crippen LogP contribution in [0.4, 0.5) is 0 Å². The Balaban J connectivity index is 4.30. The van der Waals surface area contributed by atoms with Crippen LogP contribution in [0.3, 0.4) is 0 Å². The van der Waals surface area contributed by atoms with Crippen molar-refractivity contribution in [2.24, 2.45) is 5.92 Å². The zero-order valence-corrected chi connectivity index (χ0v) is 44.5. The summed E-state index contributed by atoms with van der Waals surface area (Å²) in [6, 6.07) is 0. The molecule has 65 heavy (non-hydrogen) atoms. The van der Waals surface area contributed by atoms with E-state index in [4.69, 9.17) is 14.2 Å². The highest BCUT2D eigenvalue weighted by Crippen LogP contribution is 2.18. The van der Waals surface area contributed by atoms with Gasteiger partial charge in [-0.25, -0.2) is 0 Å². The fourth-order valence-electron chi connectivity index (χ4n) is 9.10. The first-order valence-corrected chi connectivity index (χ1v) is 29.4. The maximum Gasteiger partial charge on any atom is 0.306 e. The van der Waals surface area contributed by atoms with Gasteiger partial charge in [-0.2, -0.15) is 0 Å². The van der Waals surface area contributed by atoms with E-state index in [1.165, 1.54) is 231 Å². The molecule has 0 radical (unpaired) electrons. The van der Waals surface area contributed by atoms with Crippen molar-refractivity contribution in [3.8, 4) is 0 Å². The number of carbonyl (C=O) groups excluding carboxylic acids is 3. The van der Waals surface area contributed by atoms with Gasteiger partial charge in [-0.1, -0.05) is 297 Å². The molecule has 0 aromatic carbocycles. The summed E-state index contributed by atoms with van der Waals surface area (Å²) < 4.78 is 16.9. The van der Waals surface area contributed by atoms with Crippen molar-refractivity contribution in [1.82, 2.24) is 0 Å². The van der Waals surface area contributed by atoms with E-state index in [1.807, 2.05) is 0 Å². The molecule has 0 saturated carbocycles. The minimum Gasteiger partial charge on any atom is -0.462 e. The van der Waals surface area contributed by atoms with Crippen LogP contribution in [0.5, 0.6) is 0 Å². The van der Waals surface area contributed by atoms with Crippen LogP contribution in [0.25, 0.3) is 0 Å². The molecule has 0 unspecified atom stereocenters. The summed E-state index contributed by atoms with van der Waals surface area (Å²) in [6.07, 6.45) is 58.0. The zero-order chi connectivity index (χ0) is 47.4. The van der Waals surface area contributed by atoms with E-state index in [1.54, 1.807) is 0 Å². The van der Waals surface area contributed by atoms with Gasteiger partial charge < -0.3 is 14.2 Å². The molecular formula is C59H114O6. The number of carbonyl (C=O) groups is 3. The first-order valence-electron chi connectivity index (χ1n) is 29.4. The van der Waals surface area contributed by atoms with Crippen molar-refractivity contribution >= 4 is 17.9 Å². The third-order valence-corrected chi connectivity index (χ3v) is 13.5. The molecule has 1 atom stereocenters. The van der Waals surface area contributed by atoms with Crippen molar-refractivity contribution in [3.05, 3.63) is 0 Å². The molecule has 0 aromatic rings. The summed E-state index contributed by atoms with van der Waals surface area (Å²) >= 11 is 0. The van der Waals surface area contributed by atoms with Crippen LogP contribution in [0.2, 0.25) is 0 Å². The van der Waals surface area contributed by atoms with E-state index in [2.05, 4.69) is 27.7 Å². The Labute approximate surface area is 406 Å². The van der Waals surface area contributed by atoms with Crippen LogP contribution < -0.4 is 0 Å². The highest BCUT2D eigenvalue weighted by molar-refractivity contribution is 5.71. The average molecular weight is 920 g/mol. The van der Waals surface area contributed by atoms with Gasteiger partial charge in [-0.05, 0) is 25.2 Å². The van der Waals surface area contributed by atoms with Gasteiger partial charge in [0.25, 0.3) is 0 Å². The molecule has 0 aliphatic heterocycles. The highest BCUT2D eigenvalue weighted by atomic mass is 16.6. The van der Waals surface area contributed by atoms with E-state index < -0.39 is 6.10 Å². The lowest BCUT2D eigenvalue weighted by Crippen LogP contribution is -2.30. The van der Waals surface area contributed by atoms with Gasteiger partial charge in [0.2, 0.25) is 0 Å². The molecule has 6 heteroatoms. The predicted molar refractivity (Wildman–Crippen MR) is 280 cm³/mol. The molecule has 0 bridgehead atoms. The van der Waals surface area contributed by atoms with Crippen molar-refractivity contribution < 1.29 is 28.6 Å². The van der Waals surface area contributed by atoms with E-state index in [-0.39, 0.29) is 31.1 Å². The maximum atomic E-state index is 12.9. The summed E-state index contributed by atoms with van der Waals surface area (Å²) in [5.41, 5.74) is 0. The zero-order valence-electron chi connectivity index (χ0n) is 44.5. The standard InChI is InChI=1S/C59H114O6/c1-5-7-9-11-13-15-17-19-21-23-25-30-34-38-42-46-50-57(60)63-53-56(54-64-58(61)51-47-43-39-35-31-28-27-29-33-37-41-45-49-55(3)4)65-59(62)52-48-44-40-36-32-26-24-22-20-18-16-14-12-10-8-6-2/h55-56H,5-54H2,1-4H3/t56-/m1/s1. The molecule has 0 rings (SSSR count). The largest absolute Gasteiger partial charge is 0.462 e. The number of hydrogen-bond acceptors (Lipinski definition) is 6. The molecule has 386 valence electrons. The van der Waals surface area contributed by atoms with Gasteiger partial charge >= 0.3 is 17.9 Å². The number of rotatable bonds is 54. The topological polar surface area (TPSA) is 78.9 Å². The maximum absolute atomic E-state index is 12.9. The molecule has 0 aliphatic carbocycles. The third kappa shape index (κ3) is 53.2. The molecule has 0 aliphatic rings. The highest BCUT2D eigenvalue weighted by Gasteiger charge is 2.19. The molecule has 0 heterocycles. The molecule has 0 saturated heterocycles. The lowest BCUT2D eigenvalue weighted by molar-refractivity contribution is -0.167. The monoisotopic (exact) mass is 919 g/mol. The van der Waals surface area contributed by atoms with Crippen LogP contribution in [0.15, 0.2) is 0 Å². The Bertz CT molecular complexity index is 980. The number of ether oxygens (including phenoxy) is 3. The number of esters is 3. The Morgan fingerprint density at radius 1 is 0.292 bits per heavy atom. The van der Waals surface area contributed by atoms with Gasteiger partial charge in [-0.3, -0.25) is 14.4 Å². The Morgan fingerprint density at radius 2 is 0.508 bits per heavy atom. The Hall–Kier alpha value is -1.59. The van der Waals surface area contributed by atoms with Crippen LogP contribution in [0, 0.1) is 5.92 Å². The summed E-state index contributed by atoms with van der Waals surface area (Å²) in [7, 11) is 0. The fraction of sp³-hybridized carbons (Fsp3) is 0.949. The van der Waals surface area contributed by atoms with Crippen molar-refractivity contribution in [1.29, 1.82) is 0 Å². The minimum atomic E-state index is -0.762. The van der Waals surface area contributed by atoms with E-state index in [0.717, 1.165) is 63.7 Å². The summed E-state index contributed by atoms with van der Waals surface area (Å²) in [5, 5.41) is 0. The van der Waals surface area contributed by atoms with Crippen molar-refractivity contribution in [2.45, 2.75) is 342 Å². The molecule has 0 fully saturated rings. The molecule has 0 spiro atoms. The van der Waals surface area contributed by atoms with Gasteiger partial charge in [-0.15, -0.1) is 0 Å². The van der Waals surface area contributed by atoms with Crippen LogP contribution in [0.1, 0.15) is 336 Å². The van der Waals surface area contributed by atoms with Gasteiger partial charge in [0, 0.05) is 19.3 Å². The smallest absolute Gasteiger partial charge is 0.306 e. The van der Waals surface area contributed by atoms with Crippen LogP contribution in [-0.2, 0) is 28.6 Å². The van der Waals surface area contributed by atoms with Gasteiger partial charge in [0.05, 0.1) is 0 Å². The van der Waals surface area contributed by atoms with E-state index >= 15 is 0 Å². The number of hydrogen-bond donors (Lipinski definition) is 0. The molecule has 0 amide bonds. The molecule has 6 nitrogen and oxygen atoms in total. The summed E-state index contributed by atoms with van der Waals surface area (Å²) in [6.45, 7) is 9.06. The average Bonchev–Trinajstić information content (AvgIpc) is 3.29. The van der Waals surface area contributed by atoms with E-state index in [0.29, 0.717) is 19.3 Å². The third-order valence-electron chi connectivity index (χ3n) is 13.5. The predicted octanol–water partition coefficient (Wildman–Crippen LogP) is 19.4. The quantitative estimate of drug-likeness (QED) is 0.0344. The molecule has 0 N–H and O–H groups in total. The minimum absolute atomic E-state index is 0.0617. The lowest BCUT2D eigenvalue weighted by Gasteiger charge is -2.18. The summed E-state index contributed by atoms with van der Waals surface area (Å²) in [5.74, 6) is 0.000124. The first kappa shape index (κ1) is 63.4. The molecule has 0 aromatic heterocycles. The van der Waals surface area contributed by atoms with Crippen molar-refractivity contribution in [3.63, 3.8) is 0 Å².